The standard InChI is InChI=1S/C15H28N2O2/c1-12-5-4-8-15(16,9-12)13(19)17-10-14(11-18)6-2-3-7-14/h12,18H,2-11,16H2,1H3,(H,17,19). The molecule has 0 bridgehead atoms. The molecule has 0 aromatic heterocycles. The fourth-order valence-electron chi connectivity index (χ4n) is 3.76. The van der Waals surface area contributed by atoms with Gasteiger partial charge in [0.25, 0.3) is 0 Å². The summed E-state index contributed by atoms with van der Waals surface area (Å²) in [6.45, 7) is 2.91. The number of carbonyl (C=O) groups is 1. The predicted molar refractivity (Wildman–Crippen MR) is 75.5 cm³/mol. The monoisotopic (exact) mass is 268 g/mol. The molecule has 110 valence electrons. The van der Waals surface area contributed by atoms with Crippen LogP contribution in [-0.2, 0) is 4.79 Å². The van der Waals surface area contributed by atoms with Gasteiger partial charge in [0.05, 0.1) is 12.1 Å². The number of aliphatic hydroxyl groups is 1. The minimum atomic E-state index is -0.688. The number of aliphatic hydroxyl groups excluding tert-OH is 1. The van der Waals surface area contributed by atoms with Crippen LogP contribution >= 0.6 is 0 Å². The molecule has 0 aromatic carbocycles. The molecule has 1 amide bonds. The van der Waals surface area contributed by atoms with Crippen molar-refractivity contribution in [2.75, 3.05) is 13.2 Å². The molecule has 0 spiro atoms. The number of carbonyl (C=O) groups excluding carboxylic acids is 1. The highest BCUT2D eigenvalue weighted by Crippen LogP contribution is 2.37. The fraction of sp³-hybridized carbons (Fsp3) is 0.933. The Hall–Kier alpha value is -0.610. The third-order valence-electron chi connectivity index (χ3n) is 5.11. The van der Waals surface area contributed by atoms with Gasteiger partial charge in [-0.05, 0) is 31.6 Å². The molecule has 2 saturated carbocycles. The van der Waals surface area contributed by atoms with E-state index in [1.807, 2.05) is 0 Å². The molecule has 2 fully saturated rings. The molecule has 0 aliphatic heterocycles. The normalized spacial score (nSPS) is 34.2. The molecule has 2 aliphatic carbocycles. The summed E-state index contributed by atoms with van der Waals surface area (Å²) in [6.07, 6.45) is 8.11. The summed E-state index contributed by atoms with van der Waals surface area (Å²) in [5.74, 6) is 0.515. The van der Waals surface area contributed by atoms with Gasteiger partial charge in [0, 0.05) is 12.0 Å². The Morgan fingerprint density at radius 3 is 2.58 bits per heavy atom. The third kappa shape index (κ3) is 3.29. The van der Waals surface area contributed by atoms with Gasteiger partial charge in [-0.1, -0.05) is 32.6 Å². The highest BCUT2D eigenvalue weighted by atomic mass is 16.3. The van der Waals surface area contributed by atoms with Crippen LogP contribution in [0.15, 0.2) is 0 Å². The van der Waals surface area contributed by atoms with Crippen LogP contribution in [0, 0.1) is 11.3 Å². The maximum atomic E-state index is 12.4. The molecule has 2 unspecified atom stereocenters. The number of rotatable bonds is 4. The van der Waals surface area contributed by atoms with E-state index in [0.29, 0.717) is 12.5 Å². The van der Waals surface area contributed by atoms with Gasteiger partial charge in [0.1, 0.15) is 0 Å². The van der Waals surface area contributed by atoms with Crippen LogP contribution in [0.5, 0.6) is 0 Å². The second-order valence-corrected chi connectivity index (χ2v) is 6.91. The zero-order valence-electron chi connectivity index (χ0n) is 12.1. The number of hydrogen-bond acceptors (Lipinski definition) is 3. The van der Waals surface area contributed by atoms with Crippen molar-refractivity contribution >= 4 is 5.91 Å². The fourth-order valence-corrected chi connectivity index (χ4v) is 3.76. The van der Waals surface area contributed by atoms with Crippen molar-refractivity contribution in [1.82, 2.24) is 5.32 Å². The van der Waals surface area contributed by atoms with Gasteiger partial charge in [-0.25, -0.2) is 0 Å². The zero-order chi connectivity index (χ0) is 13.9. The molecule has 0 aromatic rings. The lowest BCUT2D eigenvalue weighted by atomic mass is 9.76. The van der Waals surface area contributed by atoms with Crippen LogP contribution in [-0.4, -0.2) is 29.7 Å². The first-order valence-corrected chi connectivity index (χ1v) is 7.68. The lowest BCUT2D eigenvalue weighted by Crippen LogP contribution is -2.57. The van der Waals surface area contributed by atoms with E-state index in [0.717, 1.165) is 44.9 Å². The van der Waals surface area contributed by atoms with Gasteiger partial charge < -0.3 is 16.2 Å². The molecular weight excluding hydrogens is 240 g/mol. The quantitative estimate of drug-likeness (QED) is 0.724. The van der Waals surface area contributed by atoms with Crippen molar-refractivity contribution in [2.45, 2.75) is 63.8 Å². The van der Waals surface area contributed by atoms with Gasteiger partial charge in [0.2, 0.25) is 5.91 Å². The molecule has 2 aliphatic rings. The number of amides is 1. The van der Waals surface area contributed by atoms with E-state index in [4.69, 9.17) is 5.73 Å². The van der Waals surface area contributed by atoms with Crippen LogP contribution in [0.4, 0.5) is 0 Å². The smallest absolute Gasteiger partial charge is 0.240 e. The van der Waals surface area contributed by atoms with E-state index in [9.17, 15) is 9.90 Å². The summed E-state index contributed by atoms with van der Waals surface area (Å²) in [5, 5.41) is 12.6. The second kappa shape index (κ2) is 5.80. The highest BCUT2D eigenvalue weighted by Gasteiger charge is 2.40. The van der Waals surface area contributed by atoms with E-state index < -0.39 is 5.54 Å². The van der Waals surface area contributed by atoms with Crippen LogP contribution in [0.2, 0.25) is 0 Å². The molecule has 0 saturated heterocycles. The number of nitrogens with one attached hydrogen (secondary N) is 1. The van der Waals surface area contributed by atoms with Crippen molar-refractivity contribution in [3.05, 3.63) is 0 Å². The first-order valence-electron chi connectivity index (χ1n) is 7.68. The number of nitrogens with two attached hydrogens (primary N) is 1. The van der Waals surface area contributed by atoms with E-state index in [2.05, 4.69) is 12.2 Å². The Kier molecular flexibility index (Phi) is 4.51. The van der Waals surface area contributed by atoms with Crippen molar-refractivity contribution in [2.24, 2.45) is 17.1 Å². The summed E-state index contributed by atoms with van der Waals surface area (Å²) in [6, 6.07) is 0. The van der Waals surface area contributed by atoms with Crippen molar-refractivity contribution in [3.63, 3.8) is 0 Å². The average Bonchev–Trinajstić information content (AvgIpc) is 2.85. The maximum Gasteiger partial charge on any atom is 0.240 e. The first kappa shape index (κ1) is 14.8. The topological polar surface area (TPSA) is 75.4 Å². The van der Waals surface area contributed by atoms with Crippen LogP contribution in [0.1, 0.15) is 58.3 Å². The second-order valence-electron chi connectivity index (χ2n) is 6.91. The Morgan fingerprint density at radius 1 is 1.32 bits per heavy atom. The largest absolute Gasteiger partial charge is 0.396 e. The minimum absolute atomic E-state index is 0.0150. The summed E-state index contributed by atoms with van der Waals surface area (Å²) in [4.78, 5) is 12.4. The van der Waals surface area contributed by atoms with Crippen LogP contribution < -0.4 is 11.1 Å². The molecular formula is C15H28N2O2. The van der Waals surface area contributed by atoms with E-state index in [-0.39, 0.29) is 17.9 Å². The van der Waals surface area contributed by atoms with Gasteiger partial charge in [0.15, 0.2) is 0 Å². The molecule has 2 rings (SSSR count). The van der Waals surface area contributed by atoms with E-state index in [1.54, 1.807) is 0 Å². The van der Waals surface area contributed by atoms with Crippen LogP contribution in [0.3, 0.4) is 0 Å². The molecule has 0 heterocycles. The molecule has 4 heteroatoms. The lowest BCUT2D eigenvalue weighted by molar-refractivity contribution is -0.128. The van der Waals surface area contributed by atoms with Crippen molar-refractivity contribution in [1.29, 1.82) is 0 Å². The highest BCUT2D eigenvalue weighted by molar-refractivity contribution is 5.86. The lowest BCUT2D eigenvalue weighted by Gasteiger charge is -2.36. The Labute approximate surface area is 116 Å². The maximum absolute atomic E-state index is 12.4. The summed E-state index contributed by atoms with van der Waals surface area (Å²) < 4.78 is 0. The number of hydrogen-bond donors (Lipinski definition) is 3. The SMILES string of the molecule is CC1CCCC(N)(C(=O)NCC2(CO)CCCC2)C1. The molecule has 0 radical (unpaired) electrons. The van der Waals surface area contributed by atoms with Gasteiger partial charge >= 0.3 is 0 Å². The van der Waals surface area contributed by atoms with Crippen LogP contribution in [0.25, 0.3) is 0 Å². The Balaban J connectivity index is 1.89. The molecule has 19 heavy (non-hydrogen) atoms. The molecule has 2 atom stereocenters. The summed E-state index contributed by atoms with van der Waals surface area (Å²) in [5.41, 5.74) is 5.51. The van der Waals surface area contributed by atoms with Crippen molar-refractivity contribution < 1.29 is 9.90 Å². The van der Waals surface area contributed by atoms with Crippen molar-refractivity contribution in [3.8, 4) is 0 Å². The average molecular weight is 268 g/mol. The third-order valence-corrected chi connectivity index (χ3v) is 5.11. The van der Waals surface area contributed by atoms with E-state index in [1.165, 1.54) is 6.42 Å². The summed E-state index contributed by atoms with van der Waals surface area (Å²) >= 11 is 0. The van der Waals surface area contributed by atoms with Gasteiger partial charge in [-0.2, -0.15) is 0 Å². The van der Waals surface area contributed by atoms with Gasteiger partial charge in [-0.3, -0.25) is 4.79 Å². The molecule has 4 N–H and O–H groups in total. The summed E-state index contributed by atoms with van der Waals surface area (Å²) in [7, 11) is 0. The van der Waals surface area contributed by atoms with E-state index >= 15 is 0 Å². The minimum Gasteiger partial charge on any atom is -0.396 e. The zero-order valence-corrected chi connectivity index (χ0v) is 12.1. The predicted octanol–water partition coefficient (Wildman–Crippen LogP) is 1.56. The Morgan fingerprint density at radius 2 is 2.00 bits per heavy atom. The Bertz CT molecular complexity index is 326. The first-order chi connectivity index (χ1) is 9.00. The molecule has 4 nitrogen and oxygen atoms in total. The van der Waals surface area contributed by atoms with Gasteiger partial charge in [-0.15, -0.1) is 0 Å².